The lowest BCUT2D eigenvalue weighted by Crippen LogP contribution is -1.81. The van der Waals surface area contributed by atoms with Gasteiger partial charge in [-0.3, -0.25) is 5.10 Å². The summed E-state index contributed by atoms with van der Waals surface area (Å²) in [6.45, 7) is 0. The summed E-state index contributed by atoms with van der Waals surface area (Å²) in [7, 11) is 0. The molecular weight excluding hydrogens is 366 g/mol. The number of nitrogen functional groups attached to an aromatic ring is 1. The average Bonchev–Trinajstić information content (AvgIpc) is 2.33. The molecule has 0 fully saturated rings. The third-order valence-electron chi connectivity index (χ3n) is 1.47. The van der Waals surface area contributed by atoms with Gasteiger partial charge in [-0.05, 0) is 18.2 Å². The van der Waals surface area contributed by atoms with Crippen LogP contribution in [0.15, 0.2) is 24.4 Å². The molecule has 0 amide bonds. The van der Waals surface area contributed by atoms with Gasteiger partial charge in [-0.25, -0.2) is 0 Å². The number of anilines is 1. The number of hydrogen-bond donors (Lipinski definition) is 2. The third-order valence-corrected chi connectivity index (χ3v) is 1.47. The highest BCUT2D eigenvalue weighted by Crippen LogP contribution is 2.12. The number of nitrogens with one attached hydrogen (secondary N) is 1. The van der Waals surface area contributed by atoms with E-state index in [1.807, 2.05) is 18.2 Å². The molecule has 0 radical (unpaired) electrons. The predicted molar refractivity (Wildman–Crippen MR) is 71.5 cm³/mol. The van der Waals surface area contributed by atoms with Crippen LogP contribution in [0.2, 0.25) is 0 Å². The standard InChI is InChI=1S/C7H7N3.3BrH/c8-6-2-1-5-4-9-10-7(5)3-6;;;/h1-4H,8H2,(H,9,10);3*1H. The minimum Gasteiger partial charge on any atom is -0.399 e. The molecule has 2 aromatic rings. The van der Waals surface area contributed by atoms with E-state index in [0.29, 0.717) is 0 Å². The van der Waals surface area contributed by atoms with Crippen LogP contribution in [-0.2, 0) is 0 Å². The van der Waals surface area contributed by atoms with Crippen molar-refractivity contribution < 1.29 is 0 Å². The summed E-state index contributed by atoms with van der Waals surface area (Å²) in [6.07, 6.45) is 1.77. The maximum absolute atomic E-state index is 5.54. The second-order valence-corrected chi connectivity index (χ2v) is 2.22. The minimum absolute atomic E-state index is 0. The van der Waals surface area contributed by atoms with E-state index in [1.54, 1.807) is 6.20 Å². The molecule has 0 aliphatic rings. The molecule has 2 rings (SSSR count). The smallest absolute Gasteiger partial charge is 0.0670 e. The Morgan fingerprint density at radius 3 is 2.54 bits per heavy atom. The Hall–Kier alpha value is -0.0700. The van der Waals surface area contributed by atoms with Crippen LogP contribution in [0, 0.1) is 0 Å². The predicted octanol–water partition coefficient (Wildman–Crippen LogP) is 2.88. The van der Waals surface area contributed by atoms with Crippen LogP contribution in [0.4, 0.5) is 5.69 Å². The van der Waals surface area contributed by atoms with Crippen molar-refractivity contribution in [2.45, 2.75) is 0 Å². The summed E-state index contributed by atoms with van der Waals surface area (Å²) in [5, 5.41) is 7.78. The number of aromatic amines is 1. The van der Waals surface area contributed by atoms with Gasteiger partial charge in [0.2, 0.25) is 0 Å². The van der Waals surface area contributed by atoms with E-state index < -0.39 is 0 Å². The van der Waals surface area contributed by atoms with Crippen molar-refractivity contribution in [3.05, 3.63) is 24.4 Å². The van der Waals surface area contributed by atoms with Crippen molar-refractivity contribution in [1.82, 2.24) is 10.2 Å². The molecule has 1 aromatic carbocycles. The molecule has 1 aromatic heterocycles. The third kappa shape index (κ3) is 3.28. The van der Waals surface area contributed by atoms with E-state index in [1.165, 1.54) is 0 Å². The summed E-state index contributed by atoms with van der Waals surface area (Å²) in [4.78, 5) is 0. The lowest BCUT2D eigenvalue weighted by atomic mass is 10.2. The van der Waals surface area contributed by atoms with Crippen molar-refractivity contribution in [3.8, 4) is 0 Å². The number of benzene rings is 1. The largest absolute Gasteiger partial charge is 0.399 e. The fourth-order valence-electron chi connectivity index (χ4n) is 0.955. The Kier molecular flexibility index (Phi) is 7.58. The molecule has 74 valence electrons. The highest BCUT2D eigenvalue weighted by atomic mass is 79.9. The quantitative estimate of drug-likeness (QED) is 0.696. The number of fused-ring (bicyclic) bond motifs is 1. The van der Waals surface area contributed by atoms with Gasteiger partial charge in [0.1, 0.15) is 0 Å². The number of nitrogens with two attached hydrogens (primary N) is 1. The van der Waals surface area contributed by atoms with E-state index in [4.69, 9.17) is 5.73 Å². The summed E-state index contributed by atoms with van der Waals surface area (Å²) < 4.78 is 0. The summed E-state index contributed by atoms with van der Waals surface area (Å²) in [5.41, 5.74) is 7.28. The van der Waals surface area contributed by atoms with E-state index in [2.05, 4.69) is 10.2 Å². The molecule has 0 unspecified atom stereocenters. The summed E-state index contributed by atoms with van der Waals surface area (Å²) in [5.74, 6) is 0. The molecule has 0 saturated heterocycles. The maximum atomic E-state index is 5.54. The first-order chi connectivity index (χ1) is 4.86. The first kappa shape index (κ1) is 15.4. The molecule has 0 aliphatic carbocycles. The number of aromatic nitrogens is 2. The van der Waals surface area contributed by atoms with Gasteiger partial charge in [0.05, 0.1) is 11.7 Å². The SMILES string of the molecule is Br.Br.Br.Nc1ccc2cn[nH]c2c1. The first-order valence-corrected chi connectivity index (χ1v) is 3.05. The number of hydrogen-bond acceptors (Lipinski definition) is 2. The van der Waals surface area contributed by atoms with E-state index >= 15 is 0 Å². The zero-order valence-corrected chi connectivity index (χ0v) is 11.7. The van der Waals surface area contributed by atoms with Crippen LogP contribution >= 0.6 is 50.9 Å². The molecule has 0 saturated carbocycles. The number of halogens is 3. The van der Waals surface area contributed by atoms with Crippen molar-refractivity contribution in [3.63, 3.8) is 0 Å². The topological polar surface area (TPSA) is 54.7 Å². The fourth-order valence-corrected chi connectivity index (χ4v) is 0.955. The monoisotopic (exact) mass is 373 g/mol. The summed E-state index contributed by atoms with van der Waals surface area (Å²) >= 11 is 0. The highest BCUT2D eigenvalue weighted by molar-refractivity contribution is 8.93. The minimum atomic E-state index is 0. The van der Waals surface area contributed by atoms with E-state index in [0.717, 1.165) is 16.6 Å². The molecule has 0 bridgehead atoms. The Balaban J connectivity index is 0. The van der Waals surface area contributed by atoms with Gasteiger partial charge in [-0.15, -0.1) is 50.9 Å². The molecule has 0 aliphatic heterocycles. The number of rotatable bonds is 0. The molecule has 6 heteroatoms. The highest BCUT2D eigenvalue weighted by Gasteiger charge is 1.92. The van der Waals surface area contributed by atoms with Crippen molar-refractivity contribution >= 4 is 67.5 Å². The van der Waals surface area contributed by atoms with Gasteiger partial charge in [0, 0.05) is 11.1 Å². The number of H-pyrrole nitrogens is 1. The molecule has 3 N–H and O–H groups in total. The molecule has 1 heterocycles. The Bertz CT molecular complexity index is 361. The molecule has 0 spiro atoms. The lowest BCUT2D eigenvalue weighted by molar-refractivity contribution is 1.12. The van der Waals surface area contributed by atoms with Crippen LogP contribution in [0.25, 0.3) is 10.9 Å². The lowest BCUT2D eigenvalue weighted by Gasteiger charge is -1.89. The van der Waals surface area contributed by atoms with Crippen LogP contribution in [0.5, 0.6) is 0 Å². The second kappa shape index (κ2) is 6.39. The number of nitrogens with zero attached hydrogens (tertiary/aromatic N) is 1. The molecule has 13 heavy (non-hydrogen) atoms. The molecule has 0 atom stereocenters. The first-order valence-electron chi connectivity index (χ1n) is 3.05. The van der Waals surface area contributed by atoms with Crippen molar-refractivity contribution in [2.24, 2.45) is 0 Å². The van der Waals surface area contributed by atoms with Crippen molar-refractivity contribution in [1.29, 1.82) is 0 Å². The van der Waals surface area contributed by atoms with Crippen molar-refractivity contribution in [2.75, 3.05) is 5.73 Å². The van der Waals surface area contributed by atoms with E-state index in [9.17, 15) is 0 Å². The van der Waals surface area contributed by atoms with Crippen LogP contribution in [-0.4, -0.2) is 10.2 Å². The molecular formula is C7H10Br3N3. The van der Waals surface area contributed by atoms with Gasteiger partial charge in [-0.1, -0.05) is 0 Å². The zero-order valence-electron chi connectivity index (χ0n) is 6.56. The van der Waals surface area contributed by atoms with Gasteiger partial charge >= 0.3 is 0 Å². The van der Waals surface area contributed by atoms with Gasteiger partial charge < -0.3 is 5.73 Å². The van der Waals surface area contributed by atoms with Gasteiger partial charge in [-0.2, -0.15) is 5.10 Å². The fraction of sp³-hybridized carbons (Fsp3) is 0. The Morgan fingerprint density at radius 2 is 1.85 bits per heavy atom. The summed E-state index contributed by atoms with van der Waals surface area (Å²) in [6, 6.07) is 5.66. The normalized spacial score (nSPS) is 8.00. The maximum Gasteiger partial charge on any atom is 0.0670 e. The average molecular weight is 376 g/mol. The zero-order chi connectivity index (χ0) is 6.97. The molecule has 3 nitrogen and oxygen atoms in total. The second-order valence-electron chi connectivity index (χ2n) is 2.22. The van der Waals surface area contributed by atoms with Gasteiger partial charge in [0.25, 0.3) is 0 Å². The Labute approximate surface area is 107 Å². The Morgan fingerprint density at radius 1 is 1.15 bits per heavy atom. The van der Waals surface area contributed by atoms with Crippen LogP contribution in [0.1, 0.15) is 0 Å². The van der Waals surface area contributed by atoms with Crippen LogP contribution < -0.4 is 5.73 Å². The van der Waals surface area contributed by atoms with Gasteiger partial charge in [0.15, 0.2) is 0 Å². The van der Waals surface area contributed by atoms with E-state index in [-0.39, 0.29) is 50.9 Å². The van der Waals surface area contributed by atoms with Crippen LogP contribution in [0.3, 0.4) is 0 Å².